The molecule has 1 aromatic carbocycles. The fourth-order valence-electron chi connectivity index (χ4n) is 3.78. The number of nitrogens with one attached hydrogen (secondary N) is 1. The van der Waals surface area contributed by atoms with E-state index < -0.39 is 0 Å². The fraction of sp³-hybridized carbons (Fsp3) is 0.364. The standard InChI is InChI=1S/C22H25N5O4/c1-12(2)31-16-7-6-14(10-17(16)29-4)15-11-19(28)23-22-21(15)13(3)26-27(22)18-8-9-20(30-5)25-24-18/h6-10,12,15H,11H2,1-5H3,(H,23,28)/t15-/m1/s1. The molecule has 1 amide bonds. The van der Waals surface area contributed by atoms with Gasteiger partial charge in [-0.15, -0.1) is 10.2 Å². The number of carbonyl (C=O) groups is 1. The normalized spacial score (nSPS) is 15.4. The van der Waals surface area contributed by atoms with Gasteiger partial charge < -0.3 is 19.5 Å². The predicted molar refractivity (Wildman–Crippen MR) is 114 cm³/mol. The number of hydrogen-bond acceptors (Lipinski definition) is 7. The molecule has 162 valence electrons. The maximum atomic E-state index is 12.6. The summed E-state index contributed by atoms with van der Waals surface area (Å²) in [4.78, 5) is 12.6. The number of carbonyl (C=O) groups excluding carboxylic acids is 1. The van der Waals surface area contributed by atoms with Gasteiger partial charge in [-0.25, -0.2) is 0 Å². The number of anilines is 1. The first-order chi connectivity index (χ1) is 14.9. The van der Waals surface area contributed by atoms with Crippen molar-refractivity contribution in [2.24, 2.45) is 0 Å². The Kier molecular flexibility index (Phi) is 5.50. The summed E-state index contributed by atoms with van der Waals surface area (Å²) in [7, 11) is 3.14. The topological polar surface area (TPSA) is 100 Å². The van der Waals surface area contributed by atoms with Gasteiger partial charge in [-0.05, 0) is 44.5 Å². The lowest BCUT2D eigenvalue weighted by atomic mass is 9.85. The van der Waals surface area contributed by atoms with E-state index in [1.54, 1.807) is 23.9 Å². The van der Waals surface area contributed by atoms with Gasteiger partial charge in [0.05, 0.1) is 26.0 Å². The Balaban J connectivity index is 1.78. The van der Waals surface area contributed by atoms with Gasteiger partial charge in [-0.3, -0.25) is 4.79 Å². The summed E-state index contributed by atoms with van der Waals surface area (Å²) in [6.07, 6.45) is 0.333. The monoisotopic (exact) mass is 423 g/mol. The maximum Gasteiger partial charge on any atom is 0.233 e. The highest BCUT2D eigenvalue weighted by molar-refractivity contribution is 5.95. The summed E-state index contributed by atoms with van der Waals surface area (Å²) < 4.78 is 18.1. The van der Waals surface area contributed by atoms with Crippen LogP contribution in [0.3, 0.4) is 0 Å². The summed E-state index contributed by atoms with van der Waals surface area (Å²) in [6, 6.07) is 9.22. The number of hydrogen-bond donors (Lipinski definition) is 1. The number of benzene rings is 1. The summed E-state index contributed by atoms with van der Waals surface area (Å²) >= 11 is 0. The molecule has 0 unspecified atom stereocenters. The van der Waals surface area contributed by atoms with Crippen LogP contribution in [0.25, 0.3) is 5.82 Å². The van der Waals surface area contributed by atoms with Crippen LogP contribution in [0.1, 0.15) is 43.0 Å². The van der Waals surface area contributed by atoms with Crippen LogP contribution >= 0.6 is 0 Å². The van der Waals surface area contributed by atoms with E-state index in [2.05, 4.69) is 20.6 Å². The van der Waals surface area contributed by atoms with Gasteiger partial charge in [0, 0.05) is 24.0 Å². The van der Waals surface area contributed by atoms with Crippen LogP contribution in [-0.2, 0) is 4.79 Å². The van der Waals surface area contributed by atoms with Crippen molar-refractivity contribution in [3.63, 3.8) is 0 Å². The number of aryl methyl sites for hydroxylation is 1. The quantitative estimate of drug-likeness (QED) is 0.649. The van der Waals surface area contributed by atoms with E-state index in [1.165, 1.54) is 7.11 Å². The van der Waals surface area contributed by atoms with Crippen molar-refractivity contribution in [1.29, 1.82) is 0 Å². The predicted octanol–water partition coefficient (Wildman–Crippen LogP) is 3.25. The molecule has 0 saturated carbocycles. The van der Waals surface area contributed by atoms with Crippen molar-refractivity contribution < 1.29 is 19.0 Å². The molecule has 0 saturated heterocycles. The summed E-state index contributed by atoms with van der Waals surface area (Å²) in [5.74, 6) is 2.52. The van der Waals surface area contributed by atoms with Gasteiger partial charge >= 0.3 is 0 Å². The number of aromatic nitrogens is 4. The third-order valence-corrected chi connectivity index (χ3v) is 5.11. The van der Waals surface area contributed by atoms with Crippen LogP contribution in [-0.4, -0.2) is 46.2 Å². The van der Waals surface area contributed by atoms with Crippen molar-refractivity contribution in [1.82, 2.24) is 20.0 Å². The number of ether oxygens (including phenoxy) is 3. The van der Waals surface area contributed by atoms with E-state index in [0.717, 1.165) is 16.8 Å². The Bertz CT molecular complexity index is 1110. The van der Waals surface area contributed by atoms with Gasteiger partial charge in [0.25, 0.3) is 0 Å². The van der Waals surface area contributed by atoms with Crippen LogP contribution in [0.15, 0.2) is 30.3 Å². The van der Waals surface area contributed by atoms with Crippen LogP contribution < -0.4 is 19.5 Å². The molecular formula is C22H25N5O4. The second-order valence-electron chi connectivity index (χ2n) is 7.58. The Morgan fingerprint density at radius 1 is 1.10 bits per heavy atom. The molecule has 1 N–H and O–H groups in total. The van der Waals surface area contributed by atoms with Gasteiger partial charge in [0.1, 0.15) is 5.82 Å². The summed E-state index contributed by atoms with van der Waals surface area (Å²) in [5, 5.41) is 15.8. The van der Waals surface area contributed by atoms with E-state index in [4.69, 9.17) is 14.2 Å². The zero-order valence-corrected chi connectivity index (χ0v) is 18.2. The molecule has 3 heterocycles. The van der Waals surface area contributed by atoms with Crippen molar-refractivity contribution in [2.75, 3.05) is 19.5 Å². The minimum absolute atomic E-state index is 0.0258. The Morgan fingerprint density at radius 3 is 2.55 bits per heavy atom. The Hall–Kier alpha value is -3.62. The molecule has 9 nitrogen and oxygen atoms in total. The van der Waals surface area contributed by atoms with E-state index in [9.17, 15) is 4.79 Å². The summed E-state index contributed by atoms with van der Waals surface area (Å²) in [5.41, 5.74) is 2.70. The Morgan fingerprint density at radius 2 is 1.90 bits per heavy atom. The molecule has 1 aliphatic heterocycles. The molecule has 2 aromatic heterocycles. The largest absolute Gasteiger partial charge is 0.493 e. The lowest BCUT2D eigenvalue weighted by molar-refractivity contribution is -0.116. The molecule has 0 fully saturated rings. The minimum Gasteiger partial charge on any atom is -0.493 e. The molecule has 0 bridgehead atoms. The minimum atomic E-state index is -0.175. The molecule has 1 atom stereocenters. The average Bonchev–Trinajstić information content (AvgIpc) is 3.09. The highest BCUT2D eigenvalue weighted by Crippen LogP contribution is 2.42. The van der Waals surface area contributed by atoms with Crippen LogP contribution in [0, 0.1) is 6.92 Å². The van der Waals surface area contributed by atoms with Gasteiger partial charge in [-0.2, -0.15) is 9.78 Å². The fourth-order valence-corrected chi connectivity index (χ4v) is 3.78. The number of methoxy groups -OCH3 is 2. The molecule has 0 aliphatic carbocycles. The number of nitrogens with zero attached hydrogens (tertiary/aromatic N) is 4. The third kappa shape index (κ3) is 3.90. The van der Waals surface area contributed by atoms with Crippen LogP contribution in [0.2, 0.25) is 0 Å². The smallest absolute Gasteiger partial charge is 0.233 e. The summed E-state index contributed by atoms with van der Waals surface area (Å²) in [6.45, 7) is 5.85. The molecule has 0 radical (unpaired) electrons. The van der Waals surface area contributed by atoms with Crippen molar-refractivity contribution in [3.8, 4) is 23.2 Å². The molecule has 1 aliphatic rings. The molecule has 31 heavy (non-hydrogen) atoms. The second kappa shape index (κ2) is 8.25. The SMILES string of the molecule is COc1ccc(-n2nc(C)c3c2NC(=O)C[C@@H]3c2ccc(OC(C)C)c(OC)c2)nn1. The lowest BCUT2D eigenvalue weighted by Gasteiger charge is -2.25. The highest BCUT2D eigenvalue weighted by Gasteiger charge is 2.33. The molecule has 4 rings (SSSR count). The highest BCUT2D eigenvalue weighted by atomic mass is 16.5. The number of fused-ring (bicyclic) bond motifs is 1. The van der Waals surface area contributed by atoms with Crippen molar-refractivity contribution in [3.05, 3.63) is 47.2 Å². The number of amides is 1. The first kappa shape index (κ1) is 20.6. The van der Waals surface area contributed by atoms with Crippen molar-refractivity contribution in [2.45, 2.75) is 39.2 Å². The average molecular weight is 423 g/mol. The van der Waals surface area contributed by atoms with Crippen molar-refractivity contribution >= 4 is 11.7 Å². The van der Waals surface area contributed by atoms with Gasteiger partial charge in [0.2, 0.25) is 11.8 Å². The van der Waals surface area contributed by atoms with E-state index >= 15 is 0 Å². The molecule has 9 heteroatoms. The molecule has 3 aromatic rings. The first-order valence-corrected chi connectivity index (χ1v) is 10.0. The Labute approximate surface area is 180 Å². The van der Waals surface area contributed by atoms with Gasteiger partial charge in [0.15, 0.2) is 17.3 Å². The zero-order valence-electron chi connectivity index (χ0n) is 18.2. The van der Waals surface area contributed by atoms with E-state index in [0.29, 0.717) is 35.4 Å². The lowest BCUT2D eigenvalue weighted by Crippen LogP contribution is -2.25. The third-order valence-electron chi connectivity index (χ3n) is 5.11. The molecular weight excluding hydrogens is 398 g/mol. The molecule has 0 spiro atoms. The van der Waals surface area contributed by atoms with Crippen LogP contribution in [0.5, 0.6) is 17.4 Å². The van der Waals surface area contributed by atoms with Gasteiger partial charge in [-0.1, -0.05) is 6.07 Å². The maximum absolute atomic E-state index is 12.6. The van der Waals surface area contributed by atoms with Crippen LogP contribution in [0.4, 0.5) is 5.82 Å². The second-order valence-corrected chi connectivity index (χ2v) is 7.58. The van der Waals surface area contributed by atoms with E-state index in [-0.39, 0.29) is 17.9 Å². The van der Waals surface area contributed by atoms with E-state index in [1.807, 2.05) is 39.0 Å². The first-order valence-electron chi connectivity index (χ1n) is 10.0. The number of rotatable bonds is 6. The zero-order chi connectivity index (χ0) is 22.1.